The van der Waals surface area contributed by atoms with Crippen LogP contribution in [0, 0.1) is 0 Å². The van der Waals surface area contributed by atoms with Gasteiger partial charge in [0.1, 0.15) is 13.6 Å². The van der Waals surface area contributed by atoms with Gasteiger partial charge in [0.2, 0.25) is 0 Å². The highest BCUT2D eigenvalue weighted by Crippen LogP contribution is 2.52. The lowest BCUT2D eigenvalue weighted by atomic mass is 10.1. The monoisotopic (exact) mass is 470 g/mol. The van der Waals surface area contributed by atoms with Gasteiger partial charge in [-0.1, -0.05) is 30.3 Å². The number of nitrogens with zero attached hydrogens (tertiary/aromatic N) is 2. The molecule has 0 amide bonds. The minimum Gasteiger partial charge on any atom is -0.374 e. The summed E-state index contributed by atoms with van der Waals surface area (Å²) in [6, 6.07) is 10.8. The van der Waals surface area contributed by atoms with Gasteiger partial charge in [-0.15, -0.1) is 0 Å². The summed E-state index contributed by atoms with van der Waals surface area (Å²) in [5.74, 6) is 0.384. The molecule has 2 unspecified atom stereocenters. The van der Waals surface area contributed by atoms with Crippen LogP contribution in [0.25, 0.3) is 11.3 Å². The van der Waals surface area contributed by atoms with Crippen LogP contribution in [-0.4, -0.2) is 41.9 Å². The van der Waals surface area contributed by atoms with Crippen LogP contribution in [0.3, 0.4) is 0 Å². The van der Waals surface area contributed by atoms with Crippen molar-refractivity contribution in [3.05, 3.63) is 52.6 Å². The van der Waals surface area contributed by atoms with E-state index >= 15 is 0 Å². The fraction of sp³-hybridized carbons (Fsp3) is 0.524. The highest BCUT2D eigenvalue weighted by atomic mass is 31.2. The Morgan fingerprint density at radius 2 is 1.74 bits per heavy atom. The van der Waals surface area contributed by atoms with Gasteiger partial charge in [-0.2, -0.15) is 0 Å². The number of aromatic nitrogens is 2. The van der Waals surface area contributed by atoms with Gasteiger partial charge in [0.15, 0.2) is 0 Å². The maximum Gasteiger partial charge on any atom is 0.330 e. The molecule has 2 aromatic rings. The Bertz CT molecular complexity index is 954. The summed E-state index contributed by atoms with van der Waals surface area (Å²) in [4.78, 5) is 17.4. The molecule has 31 heavy (non-hydrogen) atoms. The van der Waals surface area contributed by atoms with Crippen LogP contribution in [0.15, 0.2) is 41.2 Å². The third kappa shape index (κ3) is 7.23. The van der Waals surface area contributed by atoms with E-state index < -0.39 is 21.1 Å². The zero-order valence-electron chi connectivity index (χ0n) is 18.6. The van der Waals surface area contributed by atoms with E-state index in [-0.39, 0.29) is 37.7 Å². The third-order valence-electron chi connectivity index (χ3n) is 4.73. The highest BCUT2D eigenvalue weighted by Gasteiger charge is 2.30. The van der Waals surface area contributed by atoms with E-state index in [1.807, 2.05) is 37.3 Å². The first-order valence-corrected chi connectivity index (χ1v) is 13.9. The van der Waals surface area contributed by atoms with Gasteiger partial charge in [-0.3, -0.25) is 13.9 Å². The molecule has 0 aliphatic heterocycles. The van der Waals surface area contributed by atoms with E-state index in [0.29, 0.717) is 18.1 Å². The van der Waals surface area contributed by atoms with E-state index in [1.165, 1.54) is 10.6 Å². The van der Waals surface area contributed by atoms with Gasteiger partial charge in [-0.25, -0.2) is 4.98 Å². The predicted octanol–water partition coefficient (Wildman–Crippen LogP) is 4.70. The van der Waals surface area contributed by atoms with E-state index in [2.05, 4.69) is 4.98 Å². The van der Waals surface area contributed by atoms with Crippen LogP contribution in [-0.2, 0) is 30.0 Å². The van der Waals surface area contributed by atoms with Gasteiger partial charge in [0.05, 0.1) is 37.1 Å². The zero-order chi connectivity index (χ0) is 22.9. The molecular weight excluding hydrogens is 438 g/mol. The maximum atomic E-state index is 13.2. The molecule has 0 radical (unpaired) electrons. The smallest absolute Gasteiger partial charge is 0.330 e. The standard InChI is InChI=1S/C21H32N2O6P2/c1-5-27-16-30(25)19(13-14-31(26,28-6-2)29-7-3)21-22-18(15-20(24)23(21)4)17-11-9-8-10-12-17/h8-12,15,19,30H,5-7,13-14,16H2,1-4H3. The lowest BCUT2D eigenvalue weighted by molar-refractivity contribution is 0.192. The Morgan fingerprint density at radius 1 is 1.10 bits per heavy atom. The Hall–Kier alpha value is -1.56. The Labute approximate surface area is 184 Å². The minimum atomic E-state index is -3.33. The second-order valence-electron chi connectivity index (χ2n) is 6.88. The Kier molecular flexibility index (Phi) is 10.3. The normalized spacial score (nSPS) is 13.8. The molecule has 8 nitrogen and oxygen atoms in total. The molecule has 0 aliphatic carbocycles. The molecule has 1 heterocycles. The summed E-state index contributed by atoms with van der Waals surface area (Å²) < 4.78 is 43.7. The van der Waals surface area contributed by atoms with Gasteiger partial charge >= 0.3 is 7.60 Å². The first kappa shape index (κ1) is 25.7. The summed E-state index contributed by atoms with van der Waals surface area (Å²) in [5, 5.41) is 0. The topological polar surface area (TPSA) is 96.7 Å². The average Bonchev–Trinajstić information content (AvgIpc) is 2.76. The van der Waals surface area contributed by atoms with E-state index in [0.717, 1.165) is 5.56 Å². The Morgan fingerprint density at radius 3 is 2.32 bits per heavy atom. The first-order valence-electron chi connectivity index (χ1n) is 10.5. The van der Waals surface area contributed by atoms with Crippen molar-refractivity contribution >= 4 is 15.4 Å². The van der Waals surface area contributed by atoms with Gasteiger partial charge < -0.3 is 18.3 Å². The van der Waals surface area contributed by atoms with Crippen LogP contribution in [0.1, 0.15) is 38.7 Å². The van der Waals surface area contributed by atoms with Crippen molar-refractivity contribution in [2.75, 3.05) is 32.3 Å². The molecule has 0 bridgehead atoms. The molecule has 1 aromatic carbocycles. The molecule has 10 heteroatoms. The summed E-state index contributed by atoms with van der Waals surface area (Å²) in [7, 11) is -4.09. The van der Waals surface area contributed by atoms with Crippen LogP contribution >= 0.6 is 15.4 Å². The molecule has 0 N–H and O–H groups in total. The molecule has 1 aromatic heterocycles. The van der Waals surface area contributed by atoms with Crippen molar-refractivity contribution in [1.82, 2.24) is 9.55 Å². The molecule has 2 rings (SSSR count). The van der Waals surface area contributed by atoms with Crippen molar-refractivity contribution < 1.29 is 22.9 Å². The zero-order valence-corrected chi connectivity index (χ0v) is 20.5. The number of benzene rings is 1. The second kappa shape index (κ2) is 12.5. The van der Waals surface area contributed by atoms with Gasteiger partial charge in [0.25, 0.3) is 5.56 Å². The largest absolute Gasteiger partial charge is 0.374 e. The lowest BCUT2D eigenvalue weighted by Crippen LogP contribution is -2.24. The van der Waals surface area contributed by atoms with Crippen molar-refractivity contribution in [2.45, 2.75) is 32.9 Å². The maximum absolute atomic E-state index is 13.2. The summed E-state index contributed by atoms with van der Waals surface area (Å²) >= 11 is 0. The van der Waals surface area contributed by atoms with E-state index in [4.69, 9.17) is 13.8 Å². The lowest BCUT2D eigenvalue weighted by Gasteiger charge is -2.22. The fourth-order valence-corrected chi connectivity index (χ4v) is 6.77. The SMILES string of the molecule is CCOC[PH](=O)C(CCP(=O)(OCC)OCC)c1nc(-c2ccccc2)cc(=O)n1C. The van der Waals surface area contributed by atoms with Crippen molar-refractivity contribution in [3.8, 4) is 11.3 Å². The summed E-state index contributed by atoms with van der Waals surface area (Å²) in [6.45, 7) is 6.24. The van der Waals surface area contributed by atoms with Gasteiger partial charge in [0, 0.05) is 25.3 Å². The van der Waals surface area contributed by atoms with Crippen LogP contribution < -0.4 is 5.56 Å². The molecule has 0 spiro atoms. The quantitative estimate of drug-likeness (QED) is 0.392. The summed E-state index contributed by atoms with van der Waals surface area (Å²) in [6.07, 6.45) is 0.374. The van der Waals surface area contributed by atoms with Crippen molar-refractivity contribution in [1.29, 1.82) is 0 Å². The molecule has 2 atom stereocenters. The van der Waals surface area contributed by atoms with E-state index in [1.54, 1.807) is 20.9 Å². The van der Waals surface area contributed by atoms with Crippen LogP contribution in [0.5, 0.6) is 0 Å². The number of ether oxygens (including phenoxy) is 1. The Balaban J connectivity index is 2.46. The fourth-order valence-electron chi connectivity index (χ4n) is 3.21. The average molecular weight is 470 g/mol. The molecule has 0 saturated heterocycles. The van der Waals surface area contributed by atoms with Crippen LogP contribution in [0.2, 0.25) is 0 Å². The first-order chi connectivity index (χ1) is 14.8. The number of hydrogen-bond donors (Lipinski definition) is 0. The molecule has 0 aliphatic rings. The molecule has 0 fully saturated rings. The van der Waals surface area contributed by atoms with Gasteiger partial charge in [-0.05, 0) is 27.2 Å². The second-order valence-corrected chi connectivity index (χ2v) is 11.0. The molecule has 172 valence electrons. The molecular formula is C21H32N2O6P2. The minimum absolute atomic E-state index is 0.0604. The van der Waals surface area contributed by atoms with E-state index in [9.17, 15) is 13.9 Å². The number of rotatable bonds is 13. The third-order valence-corrected chi connectivity index (χ3v) is 8.65. The number of hydrogen-bond acceptors (Lipinski definition) is 7. The van der Waals surface area contributed by atoms with Crippen molar-refractivity contribution in [3.63, 3.8) is 0 Å². The predicted molar refractivity (Wildman–Crippen MR) is 123 cm³/mol. The molecule has 0 saturated carbocycles. The highest BCUT2D eigenvalue weighted by molar-refractivity contribution is 7.53. The van der Waals surface area contributed by atoms with Crippen LogP contribution in [0.4, 0.5) is 0 Å². The van der Waals surface area contributed by atoms with Crippen molar-refractivity contribution in [2.24, 2.45) is 7.05 Å². The summed E-state index contributed by atoms with van der Waals surface area (Å²) in [5.41, 5.74) is 0.441.